The fourth-order valence-electron chi connectivity index (χ4n) is 0.672. The number of hydrogen-bond donors (Lipinski definition) is 2. The lowest BCUT2D eigenvalue weighted by Crippen LogP contribution is -2.15. The van der Waals surface area contributed by atoms with Gasteiger partial charge in [0.2, 0.25) is 5.88 Å². The molecular weight excluding hydrogens is 146 g/mol. The number of hydrogen-bond acceptors (Lipinski definition) is 4. The second-order valence-corrected chi connectivity index (χ2v) is 1.84. The van der Waals surface area contributed by atoms with Crippen molar-refractivity contribution in [2.24, 2.45) is 11.6 Å². The van der Waals surface area contributed by atoms with Gasteiger partial charge in [0.15, 0.2) is 0 Å². The molecule has 0 aromatic carbocycles. The number of nitrogens with zero attached hydrogens (tertiary/aromatic N) is 1. The Morgan fingerprint density at radius 2 is 2.36 bits per heavy atom. The van der Waals surface area contributed by atoms with Crippen LogP contribution in [0.5, 0.6) is 5.88 Å². The molecule has 0 spiro atoms. The highest BCUT2D eigenvalue weighted by Crippen LogP contribution is 2.10. The van der Waals surface area contributed by atoms with E-state index in [1.54, 1.807) is 6.07 Å². The minimum atomic E-state index is -0.612. The van der Waals surface area contributed by atoms with Gasteiger partial charge in [-0.15, -0.1) is 0 Å². The molecule has 0 radical (unpaired) electrons. The molecule has 0 unspecified atom stereocenters. The van der Waals surface area contributed by atoms with Gasteiger partial charge in [-0.05, 0) is 12.1 Å². The van der Waals surface area contributed by atoms with Crippen molar-refractivity contribution < 1.29 is 9.63 Å². The molecule has 58 valence electrons. The molecule has 11 heavy (non-hydrogen) atoms. The number of amides is 1. The van der Waals surface area contributed by atoms with Gasteiger partial charge in [0.25, 0.3) is 5.91 Å². The van der Waals surface area contributed by atoms with Gasteiger partial charge in [0.1, 0.15) is 5.56 Å². The predicted octanol–water partition coefficient (Wildman–Crippen LogP) is -0.567. The average molecular weight is 153 g/mol. The first-order chi connectivity index (χ1) is 5.25. The number of pyridine rings is 1. The van der Waals surface area contributed by atoms with Gasteiger partial charge in [-0.3, -0.25) is 4.79 Å². The standard InChI is InChI=1S/C6H7N3O2/c7-5(10)4-2-1-3-9-6(4)11-8/h1-3H,8H2,(H2,7,10). The van der Waals surface area contributed by atoms with Crippen molar-refractivity contribution in [2.45, 2.75) is 0 Å². The van der Waals surface area contributed by atoms with Gasteiger partial charge in [-0.25, -0.2) is 4.98 Å². The molecule has 1 heterocycles. The van der Waals surface area contributed by atoms with Gasteiger partial charge >= 0.3 is 0 Å². The molecule has 0 atom stereocenters. The molecule has 0 saturated heterocycles. The first kappa shape index (κ1) is 7.49. The van der Waals surface area contributed by atoms with Gasteiger partial charge in [-0.2, -0.15) is 5.90 Å². The molecule has 1 amide bonds. The van der Waals surface area contributed by atoms with Crippen LogP contribution in [-0.2, 0) is 0 Å². The number of nitrogens with two attached hydrogens (primary N) is 2. The Morgan fingerprint density at radius 1 is 1.64 bits per heavy atom. The third kappa shape index (κ3) is 1.44. The van der Waals surface area contributed by atoms with E-state index in [1.807, 2.05) is 0 Å². The van der Waals surface area contributed by atoms with Crippen LogP contribution in [0.3, 0.4) is 0 Å². The third-order valence-corrected chi connectivity index (χ3v) is 1.15. The highest BCUT2D eigenvalue weighted by Gasteiger charge is 2.07. The van der Waals surface area contributed by atoms with Crippen LogP contribution in [0, 0.1) is 0 Å². The molecule has 0 aliphatic carbocycles. The summed E-state index contributed by atoms with van der Waals surface area (Å²) in [6.45, 7) is 0. The van der Waals surface area contributed by atoms with E-state index < -0.39 is 5.91 Å². The fraction of sp³-hybridized carbons (Fsp3) is 0. The maximum Gasteiger partial charge on any atom is 0.254 e. The van der Waals surface area contributed by atoms with Crippen molar-refractivity contribution in [1.29, 1.82) is 0 Å². The second kappa shape index (κ2) is 2.98. The largest absolute Gasteiger partial charge is 0.390 e. The minimum Gasteiger partial charge on any atom is -0.390 e. The Kier molecular flexibility index (Phi) is 2.03. The van der Waals surface area contributed by atoms with Crippen molar-refractivity contribution in [3.05, 3.63) is 23.9 Å². The molecule has 0 aliphatic rings. The minimum absolute atomic E-state index is 0.0417. The van der Waals surface area contributed by atoms with Crippen molar-refractivity contribution in [2.75, 3.05) is 0 Å². The van der Waals surface area contributed by atoms with Gasteiger partial charge < -0.3 is 10.6 Å². The van der Waals surface area contributed by atoms with E-state index in [2.05, 4.69) is 9.82 Å². The Bertz CT molecular complexity index is 274. The third-order valence-electron chi connectivity index (χ3n) is 1.15. The number of aromatic nitrogens is 1. The molecule has 1 aromatic rings. The van der Waals surface area contributed by atoms with Crippen molar-refractivity contribution in [1.82, 2.24) is 4.98 Å². The molecule has 0 saturated carbocycles. The van der Waals surface area contributed by atoms with E-state index in [1.165, 1.54) is 12.3 Å². The van der Waals surface area contributed by atoms with E-state index in [4.69, 9.17) is 11.6 Å². The monoisotopic (exact) mass is 153 g/mol. The summed E-state index contributed by atoms with van der Waals surface area (Å²) in [5.41, 5.74) is 5.15. The van der Waals surface area contributed by atoms with Crippen molar-refractivity contribution in [3.8, 4) is 5.88 Å². The van der Waals surface area contributed by atoms with Gasteiger partial charge in [0, 0.05) is 6.20 Å². The fourth-order valence-corrected chi connectivity index (χ4v) is 0.672. The van der Waals surface area contributed by atoms with Gasteiger partial charge in [-0.1, -0.05) is 0 Å². The Morgan fingerprint density at radius 3 is 2.82 bits per heavy atom. The SMILES string of the molecule is NOc1ncccc1C(N)=O. The summed E-state index contributed by atoms with van der Waals surface area (Å²) in [4.78, 5) is 18.6. The quantitative estimate of drug-likeness (QED) is 0.557. The van der Waals surface area contributed by atoms with E-state index in [9.17, 15) is 4.79 Å². The first-order valence-electron chi connectivity index (χ1n) is 2.87. The lowest BCUT2D eigenvalue weighted by atomic mass is 10.2. The lowest BCUT2D eigenvalue weighted by Gasteiger charge is -2.00. The van der Waals surface area contributed by atoms with Crippen LogP contribution in [-0.4, -0.2) is 10.9 Å². The highest BCUT2D eigenvalue weighted by atomic mass is 16.6. The molecule has 0 aliphatic heterocycles. The summed E-state index contributed by atoms with van der Waals surface area (Å²) in [5, 5.41) is 0. The zero-order chi connectivity index (χ0) is 8.27. The number of carbonyl (C=O) groups excluding carboxylic acids is 1. The van der Waals surface area contributed by atoms with Crippen LogP contribution >= 0.6 is 0 Å². The molecule has 1 aromatic heterocycles. The number of primary amides is 1. The zero-order valence-corrected chi connectivity index (χ0v) is 5.65. The maximum absolute atomic E-state index is 10.6. The zero-order valence-electron chi connectivity index (χ0n) is 5.65. The van der Waals surface area contributed by atoms with E-state index in [0.29, 0.717) is 0 Å². The number of carbonyl (C=O) groups is 1. The molecule has 0 fully saturated rings. The molecule has 5 heteroatoms. The highest BCUT2D eigenvalue weighted by molar-refractivity contribution is 5.94. The summed E-state index contributed by atoms with van der Waals surface area (Å²) in [6, 6.07) is 3.06. The topological polar surface area (TPSA) is 91.2 Å². The second-order valence-electron chi connectivity index (χ2n) is 1.84. The Hall–Kier alpha value is -1.62. The normalized spacial score (nSPS) is 9.18. The summed E-state index contributed by atoms with van der Waals surface area (Å²) in [6.07, 6.45) is 1.45. The number of rotatable bonds is 2. The molecule has 4 N–H and O–H groups in total. The van der Waals surface area contributed by atoms with E-state index in [-0.39, 0.29) is 11.4 Å². The maximum atomic E-state index is 10.6. The summed E-state index contributed by atoms with van der Waals surface area (Å²) < 4.78 is 0. The Labute approximate surface area is 62.9 Å². The summed E-state index contributed by atoms with van der Waals surface area (Å²) in [5.74, 6) is 4.25. The summed E-state index contributed by atoms with van der Waals surface area (Å²) >= 11 is 0. The van der Waals surface area contributed by atoms with E-state index in [0.717, 1.165) is 0 Å². The van der Waals surface area contributed by atoms with Crippen LogP contribution in [0.25, 0.3) is 0 Å². The van der Waals surface area contributed by atoms with Crippen LogP contribution in [0.4, 0.5) is 0 Å². The van der Waals surface area contributed by atoms with E-state index >= 15 is 0 Å². The predicted molar refractivity (Wildman–Crippen MR) is 37.6 cm³/mol. The van der Waals surface area contributed by atoms with Gasteiger partial charge in [0.05, 0.1) is 0 Å². The van der Waals surface area contributed by atoms with Crippen LogP contribution in [0.1, 0.15) is 10.4 Å². The van der Waals surface area contributed by atoms with Crippen molar-refractivity contribution in [3.63, 3.8) is 0 Å². The van der Waals surface area contributed by atoms with Crippen LogP contribution in [0.2, 0.25) is 0 Å². The average Bonchev–Trinajstić information content (AvgIpc) is 2.04. The molecule has 1 rings (SSSR count). The smallest absolute Gasteiger partial charge is 0.254 e. The Balaban J connectivity index is 3.12. The first-order valence-corrected chi connectivity index (χ1v) is 2.87. The van der Waals surface area contributed by atoms with Crippen molar-refractivity contribution >= 4 is 5.91 Å². The molecular formula is C6H7N3O2. The summed E-state index contributed by atoms with van der Waals surface area (Å²) in [7, 11) is 0. The lowest BCUT2D eigenvalue weighted by molar-refractivity contribution is 0.0995. The van der Waals surface area contributed by atoms with Crippen LogP contribution < -0.4 is 16.5 Å². The molecule has 5 nitrogen and oxygen atoms in total. The van der Waals surface area contributed by atoms with Crippen LogP contribution in [0.15, 0.2) is 18.3 Å². The molecule has 0 bridgehead atoms.